The summed E-state index contributed by atoms with van der Waals surface area (Å²) in [6.45, 7) is 6.82. The van der Waals surface area contributed by atoms with Crippen LogP contribution in [-0.2, 0) is 4.79 Å². The predicted octanol–water partition coefficient (Wildman–Crippen LogP) is 3.78. The number of carbonyl (C=O) groups excluding carboxylic acids is 1. The quantitative estimate of drug-likeness (QED) is 0.783. The molecule has 1 aromatic rings. The maximum Gasteiger partial charge on any atom is 0.238 e. The SMILES string of the molecule is CNCC1CCCN(C(=O)C(C)(C)Sc2ccc(Br)cc2)C1. The Balaban J connectivity index is 2.01. The first-order valence-corrected chi connectivity index (χ1v) is 9.42. The molecule has 1 atom stereocenters. The van der Waals surface area contributed by atoms with E-state index >= 15 is 0 Å². The Morgan fingerprint density at radius 1 is 1.41 bits per heavy atom. The van der Waals surface area contributed by atoms with Gasteiger partial charge in [-0.05, 0) is 70.5 Å². The maximum atomic E-state index is 12.9. The molecule has 1 N–H and O–H groups in total. The zero-order chi connectivity index (χ0) is 16.2. The third-order valence-electron chi connectivity index (χ3n) is 4.00. The minimum atomic E-state index is -0.435. The van der Waals surface area contributed by atoms with Gasteiger partial charge in [-0.25, -0.2) is 0 Å². The van der Waals surface area contributed by atoms with Crippen molar-refractivity contribution in [1.29, 1.82) is 0 Å². The fourth-order valence-corrected chi connectivity index (χ4v) is 4.27. The lowest BCUT2D eigenvalue weighted by Gasteiger charge is -2.37. The number of thioether (sulfide) groups is 1. The number of rotatable bonds is 5. The van der Waals surface area contributed by atoms with E-state index in [9.17, 15) is 4.79 Å². The Labute approximate surface area is 146 Å². The smallest absolute Gasteiger partial charge is 0.238 e. The molecule has 5 heteroatoms. The highest BCUT2D eigenvalue weighted by molar-refractivity contribution is 9.10. The van der Waals surface area contributed by atoms with Gasteiger partial charge >= 0.3 is 0 Å². The summed E-state index contributed by atoms with van der Waals surface area (Å²) in [4.78, 5) is 16.1. The van der Waals surface area contributed by atoms with Gasteiger partial charge in [-0.15, -0.1) is 11.8 Å². The summed E-state index contributed by atoms with van der Waals surface area (Å²) >= 11 is 5.09. The van der Waals surface area contributed by atoms with Gasteiger partial charge in [0, 0.05) is 22.5 Å². The fourth-order valence-electron chi connectivity index (χ4n) is 2.93. The van der Waals surface area contributed by atoms with Crippen molar-refractivity contribution in [2.45, 2.75) is 36.3 Å². The second-order valence-corrected chi connectivity index (χ2v) is 9.00. The Hall–Kier alpha value is -0.520. The van der Waals surface area contributed by atoms with Crippen LogP contribution >= 0.6 is 27.7 Å². The van der Waals surface area contributed by atoms with Crippen molar-refractivity contribution in [1.82, 2.24) is 10.2 Å². The Kier molecular flexibility index (Phi) is 6.36. The molecule has 1 heterocycles. The number of nitrogens with zero attached hydrogens (tertiary/aromatic N) is 1. The van der Waals surface area contributed by atoms with Gasteiger partial charge in [0.25, 0.3) is 0 Å². The molecule has 1 aliphatic heterocycles. The summed E-state index contributed by atoms with van der Waals surface area (Å²) in [5.41, 5.74) is 0. The monoisotopic (exact) mass is 384 g/mol. The van der Waals surface area contributed by atoms with Gasteiger partial charge in [-0.3, -0.25) is 4.79 Å². The van der Waals surface area contributed by atoms with Crippen molar-refractivity contribution in [3.63, 3.8) is 0 Å². The summed E-state index contributed by atoms with van der Waals surface area (Å²) in [6, 6.07) is 8.16. The zero-order valence-electron chi connectivity index (χ0n) is 13.6. The van der Waals surface area contributed by atoms with E-state index in [4.69, 9.17) is 0 Å². The number of likely N-dealkylation sites (tertiary alicyclic amines) is 1. The maximum absolute atomic E-state index is 12.9. The third kappa shape index (κ3) is 4.74. The Morgan fingerprint density at radius 2 is 2.09 bits per heavy atom. The van der Waals surface area contributed by atoms with Crippen LogP contribution in [0.2, 0.25) is 0 Å². The molecule has 1 unspecified atom stereocenters. The molecule has 0 aromatic heterocycles. The second kappa shape index (κ2) is 7.84. The highest BCUT2D eigenvalue weighted by Gasteiger charge is 2.35. The van der Waals surface area contributed by atoms with Crippen molar-refractivity contribution in [3.8, 4) is 0 Å². The molecule has 0 saturated carbocycles. The summed E-state index contributed by atoms with van der Waals surface area (Å²) in [7, 11) is 1.98. The van der Waals surface area contributed by atoms with Crippen molar-refractivity contribution in [2.24, 2.45) is 5.92 Å². The van der Waals surface area contributed by atoms with E-state index in [1.165, 1.54) is 6.42 Å². The molecular formula is C17H25BrN2OS. The summed E-state index contributed by atoms with van der Waals surface area (Å²) in [5, 5.41) is 3.23. The minimum Gasteiger partial charge on any atom is -0.341 e. The van der Waals surface area contributed by atoms with Gasteiger partial charge in [-0.1, -0.05) is 15.9 Å². The van der Waals surface area contributed by atoms with Crippen LogP contribution in [0.3, 0.4) is 0 Å². The largest absolute Gasteiger partial charge is 0.341 e. The molecule has 3 nitrogen and oxygen atoms in total. The van der Waals surface area contributed by atoms with Gasteiger partial charge in [-0.2, -0.15) is 0 Å². The first kappa shape index (κ1) is 17.8. The topological polar surface area (TPSA) is 32.3 Å². The first-order valence-electron chi connectivity index (χ1n) is 7.81. The van der Waals surface area contributed by atoms with Crippen LogP contribution in [0.5, 0.6) is 0 Å². The van der Waals surface area contributed by atoms with Crippen LogP contribution in [0.4, 0.5) is 0 Å². The molecule has 1 fully saturated rings. The number of carbonyl (C=O) groups is 1. The van der Waals surface area contributed by atoms with Crippen LogP contribution in [0.15, 0.2) is 33.6 Å². The van der Waals surface area contributed by atoms with Crippen LogP contribution in [0.25, 0.3) is 0 Å². The van der Waals surface area contributed by atoms with E-state index < -0.39 is 4.75 Å². The number of benzene rings is 1. The Bertz CT molecular complexity index is 502. The standard InChI is InChI=1S/C17H25BrN2OS/c1-17(2,22-15-8-6-14(18)7-9-15)16(21)20-10-4-5-13(12-20)11-19-3/h6-9,13,19H,4-5,10-12H2,1-3H3. The highest BCUT2D eigenvalue weighted by Crippen LogP contribution is 2.35. The second-order valence-electron chi connectivity index (χ2n) is 6.38. The van der Waals surface area contributed by atoms with Crippen molar-refractivity contribution in [3.05, 3.63) is 28.7 Å². The van der Waals surface area contributed by atoms with E-state index in [-0.39, 0.29) is 5.91 Å². The zero-order valence-corrected chi connectivity index (χ0v) is 16.0. The van der Waals surface area contributed by atoms with Crippen molar-refractivity contribution in [2.75, 3.05) is 26.7 Å². The fraction of sp³-hybridized carbons (Fsp3) is 0.588. The lowest BCUT2D eigenvalue weighted by atomic mass is 9.97. The lowest BCUT2D eigenvalue weighted by molar-refractivity contribution is -0.134. The number of amides is 1. The van der Waals surface area contributed by atoms with E-state index in [1.54, 1.807) is 11.8 Å². The van der Waals surface area contributed by atoms with E-state index in [0.29, 0.717) is 5.92 Å². The number of nitrogens with one attached hydrogen (secondary N) is 1. The van der Waals surface area contributed by atoms with Gasteiger partial charge in [0.15, 0.2) is 0 Å². The average Bonchev–Trinajstić information content (AvgIpc) is 2.49. The van der Waals surface area contributed by atoms with E-state index in [1.807, 2.05) is 33.0 Å². The summed E-state index contributed by atoms with van der Waals surface area (Å²) in [5.74, 6) is 0.831. The molecule has 1 saturated heterocycles. The van der Waals surface area contributed by atoms with Crippen LogP contribution in [0.1, 0.15) is 26.7 Å². The molecule has 0 radical (unpaired) electrons. The van der Waals surface area contributed by atoms with Gasteiger partial charge < -0.3 is 10.2 Å². The third-order valence-corrected chi connectivity index (χ3v) is 5.72. The molecule has 22 heavy (non-hydrogen) atoms. The van der Waals surface area contributed by atoms with Crippen LogP contribution < -0.4 is 5.32 Å². The first-order chi connectivity index (χ1) is 10.4. The summed E-state index contributed by atoms with van der Waals surface area (Å²) in [6.07, 6.45) is 2.32. The molecule has 0 bridgehead atoms. The highest BCUT2D eigenvalue weighted by atomic mass is 79.9. The van der Waals surface area contributed by atoms with Crippen LogP contribution in [-0.4, -0.2) is 42.2 Å². The normalized spacial score (nSPS) is 19.3. The number of piperidine rings is 1. The van der Waals surface area contributed by atoms with E-state index in [2.05, 4.69) is 38.3 Å². The van der Waals surface area contributed by atoms with Gasteiger partial charge in [0.05, 0.1) is 4.75 Å². The molecule has 0 aliphatic carbocycles. The van der Waals surface area contributed by atoms with Crippen molar-refractivity contribution >= 4 is 33.6 Å². The van der Waals surface area contributed by atoms with Crippen LogP contribution in [0, 0.1) is 5.92 Å². The molecule has 0 spiro atoms. The average molecular weight is 385 g/mol. The van der Waals surface area contributed by atoms with E-state index in [0.717, 1.165) is 35.4 Å². The molecule has 1 amide bonds. The molecule has 1 aliphatic rings. The van der Waals surface area contributed by atoms with Gasteiger partial charge in [0.1, 0.15) is 0 Å². The molecule has 2 rings (SSSR count). The van der Waals surface area contributed by atoms with Crippen molar-refractivity contribution < 1.29 is 4.79 Å². The number of hydrogen-bond donors (Lipinski definition) is 1. The molecule has 1 aromatic carbocycles. The molecular weight excluding hydrogens is 360 g/mol. The lowest BCUT2D eigenvalue weighted by Crippen LogP contribution is -2.49. The Morgan fingerprint density at radius 3 is 2.73 bits per heavy atom. The number of halogens is 1. The van der Waals surface area contributed by atoms with Gasteiger partial charge in [0.2, 0.25) is 5.91 Å². The summed E-state index contributed by atoms with van der Waals surface area (Å²) < 4.78 is 0.627. The molecule has 122 valence electrons. The number of hydrogen-bond acceptors (Lipinski definition) is 3. The minimum absolute atomic E-state index is 0.251. The predicted molar refractivity (Wildman–Crippen MR) is 97.3 cm³/mol.